The minimum atomic E-state index is 0.218. The van der Waals surface area contributed by atoms with Crippen LogP contribution in [-0.4, -0.2) is 36.0 Å². The van der Waals surface area contributed by atoms with E-state index < -0.39 is 0 Å². The molecule has 0 bridgehead atoms. The third-order valence-electron chi connectivity index (χ3n) is 3.18. The lowest BCUT2D eigenvalue weighted by atomic mass is 10.0. The van der Waals surface area contributed by atoms with Crippen molar-refractivity contribution in [3.8, 4) is 0 Å². The Kier molecular flexibility index (Phi) is 5.09. The summed E-state index contributed by atoms with van der Waals surface area (Å²) in [6.07, 6.45) is 4.69. The lowest BCUT2D eigenvalue weighted by Crippen LogP contribution is -2.46. The van der Waals surface area contributed by atoms with Crippen LogP contribution in [0.3, 0.4) is 0 Å². The van der Waals surface area contributed by atoms with Gasteiger partial charge in [0.25, 0.3) is 0 Å². The topological polar surface area (TPSA) is 32.3 Å². The van der Waals surface area contributed by atoms with E-state index in [2.05, 4.69) is 19.2 Å². The Balaban J connectivity index is 2.22. The van der Waals surface area contributed by atoms with Crippen LogP contribution >= 0.6 is 0 Å². The van der Waals surface area contributed by atoms with Gasteiger partial charge in [0.15, 0.2) is 0 Å². The molecule has 1 N–H and O–H groups in total. The van der Waals surface area contributed by atoms with Crippen molar-refractivity contribution in [2.75, 3.05) is 13.1 Å². The molecule has 1 heterocycles. The highest BCUT2D eigenvalue weighted by molar-refractivity contribution is 5.73. The van der Waals surface area contributed by atoms with Crippen LogP contribution in [0.25, 0.3) is 0 Å². The summed E-state index contributed by atoms with van der Waals surface area (Å²) < 4.78 is 0. The smallest absolute Gasteiger partial charge is 0.219 e. The van der Waals surface area contributed by atoms with Crippen molar-refractivity contribution >= 4 is 5.91 Å². The van der Waals surface area contributed by atoms with E-state index >= 15 is 0 Å². The third kappa shape index (κ3) is 4.20. The zero-order valence-corrected chi connectivity index (χ0v) is 10.3. The molecule has 1 amide bonds. The van der Waals surface area contributed by atoms with Gasteiger partial charge in [0.05, 0.1) is 0 Å². The first-order valence-electron chi connectivity index (χ1n) is 6.15. The number of likely N-dealkylation sites (tertiary alicyclic amines) is 1. The molecule has 1 unspecified atom stereocenters. The SMILES string of the molecule is CCCC(C)NC1CCN(C(C)=O)CC1. The number of piperidine rings is 1. The van der Waals surface area contributed by atoms with Crippen LogP contribution in [0.4, 0.5) is 0 Å². The van der Waals surface area contributed by atoms with Crippen molar-refractivity contribution in [2.45, 2.75) is 58.5 Å². The van der Waals surface area contributed by atoms with Crippen molar-refractivity contribution in [1.82, 2.24) is 10.2 Å². The molecule has 0 aliphatic carbocycles. The van der Waals surface area contributed by atoms with Gasteiger partial charge in [-0.3, -0.25) is 4.79 Å². The fourth-order valence-corrected chi connectivity index (χ4v) is 2.28. The Bertz CT molecular complexity index is 198. The number of hydrogen-bond donors (Lipinski definition) is 1. The average Bonchev–Trinajstić information content (AvgIpc) is 2.18. The molecule has 0 aromatic rings. The van der Waals surface area contributed by atoms with E-state index in [0.717, 1.165) is 25.9 Å². The Labute approximate surface area is 93.2 Å². The number of rotatable bonds is 4. The molecular formula is C12H24N2O. The maximum atomic E-state index is 11.1. The quantitative estimate of drug-likeness (QED) is 0.770. The molecular weight excluding hydrogens is 188 g/mol. The first-order valence-corrected chi connectivity index (χ1v) is 6.15. The summed E-state index contributed by atoms with van der Waals surface area (Å²) in [5, 5.41) is 3.64. The normalized spacial score (nSPS) is 20.3. The van der Waals surface area contributed by atoms with Crippen molar-refractivity contribution in [3.05, 3.63) is 0 Å². The van der Waals surface area contributed by atoms with Crippen LogP contribution in [0.5, 0.6) is 0 Å². The molecule has 1 aliphatic heterocycles. The predicted octanol–water partition coefficient (Wildman–Crippen LogP) is 1.78. The fourth-order valence-electron chi connectivity index (χ4n) is 2.28. The van der Waals surface area contributed by atoms with Gasteiger partial charge in [0.1, 0.15) is 0 Å². The Morgan fingerprint density at radius 1 is 1.47 bits per heavy atom. The van der Waals surface area contributed by atoms with Gasteiger partial charge in [-0.15, -0.1) is 0 Å². The second kappa shape index (κ2) is 6.11. The number of nitrogens with zero attached hydrogens (tertiary/aromatic N) is 1. The van der Waals surface area contributed by atoms with Crippen molar-refractivity contribution in [2.24, 2.45) is 0 Å². The lowest BCUT2D eigenvalue weighted by Gasteiger charge is -2.33. The van der Waals surface area contributed by atoms with Gasteiger partial charge in [-0.05, 0) is 26.2 Å². The minimum Gasteiger partial charge on any atom is -0.343 e. The highest BCUT2D eigenvalue weighted by Gasteiger charge is 2.21. The van der Waals surface area contributed by atoms with Gasteiger partial charge in [-0.25, -0.2) is 0 Å². The van der Waals surface area contributed by atoms with Crippen LogP contribution in [0.1, 0.15) is 46.5 Å². The lowest BCUT2D eigenvalue weighted by molar-refractivity contribution is -0.129. The molecule has 1 saturated heterocycles. The number of hydrogen-bond acceptors (Lipinski definition) is 2. The molecule has 1 fully saturated rings. The van der Waals surface area contributed by atoms with Gasteiger partial charge in [0, 0.05) is 32.1 Å². The summed E-state index contributed by atoms with van der Waals surface area (Å²) in [6.45, 7) is 7.97. The van der Waals surface area contributed by atoms with Gasteiger partial charge in [0.2, 0.25) is 5.91 Å². The standard InChI is InChI=1S/C12H24N2O/c1-4-5-10(2)13-12-6-8-14(9-7-12)11(3)15/h10,12-13H,4-9H2,1-3H3. The van der Waals surface area contributed by atoms with Crippen LogP contribution in [0, 0.1) is 0 Å². The number of carbonyl (C=O) groups is 1. The maximum absolute atomic E-state index is 11.1. The highest BCUT2D eigenvalue weighted by atomic mass is 16.2. The van der Waals surface area contributed by atoms with Crippen LogP contribution in [-0.2, 0) is 4.79 Å². The molecule has 1 atom stereocenters. The van der Waals surface area contributed by atoms with Gasteiger partial charge < -0.3 is 10.2 Å². The van der Waals surface area contributed by atoms with Crippen molar-refractivity contribution in [3.63, 3.8) is 0 Å². The van der Waals surface area contributed by atoms with Gasteiger partial charge in [-0.1, -0.05) is 13.3 Å². The molecule has 15 heavy (non-hydrogen) atoms. The van der Waals surface area contributed by atoms with Gasteiger partial charge in [-0.2, -0.15) is 0 Å². The molecule has 3 heteroatoms. The molecule has 0 aromatic heterocycles. The maximum Gasteiger partial charge on any atom is 0.219 e. The largest absolute Gasteiger partial charge is 0.343 e. The summed E-state index contributed by atoms with van der Waals surface area (Å²) in [5.74, 6) is 0.218. The van der Waals surface area contributed by atoms with E-state index in [1.807, 2.05) is 4.90 Å². The Hall–Kier alpha value is -0.570. The highest BCUT2D eigenvalue weighted by Crippen LogP contribution is 2.11. The molecule has 88 valence electrons. The van der Waals surface area contributed by atoms with E-state index in [9.17, 15) is 4.79 Å². The summed E-state index contributed by atoms with van der Waals surface area (Å²) in [6, 6.07) is 1.23. The summed E-state index contributed by atoms with van der Waals surface area (Å²) >= 11 is 0. The van der Waals surface area contributed by atoms with E-state index in [0.29, 0.717) is 12.1 Å². The molecule has 1 rings (SSSR count). The predicted molar refractivity (Wildman–Crippen MR) is 62.8 cm³/mol. The minimum absolute atomic E-state index is 0.218. The second-order valence-electron chi connectivity index (χ2n) is 4.64. The molecule has 0 aromatic carbocycles. The van der Waals surface area contributed by atoms with Crippen LogP contribution in [0.15, 0.2) is 0 Å². The van der Waals surface area contributed by atoms with E-state index in [1.165, 1.54) is 12.8 Å². The molecule has 0 saturated carbocycles. The first kappa shape index (κ1) is 12.5. The number of nitrogens with one attached hydrogen (secondary N) is 1. The van der Waals surface area contributed by atoms with E-state index in [4.69, 9.17) is 0 Å². The van der Waals surface area contributed by atoms with E-state index in [1.54, 1.807) is 6.92 Å². The van der Waals surface area contributed by atoms with Crippen LogP contribution in [0.2, 0.25) is 0 Å². The van der Waals surface area contributed by atoms with Crippen molar-refractivity contribution in [1.29, 1.82) is 0 Å². The summed E-state index contributed by atoms with van der Waals surface area (Å²) in [7, 11) is 0. The van der Waals surface area contributed by atoms with E-state index in [-0.39, 0.29) is 5.91 Å². The molecule has 1 aliphatic rings. The third-order valence-corrected chi connectivity index (χ3v) is 3.18. The Morgan fingerprint density at radius 3 is 2.53 bits per heavy atom. The number of carbonyl (C=O) groups excluding carboxylic acids is 1. The molecule has 0 spiro atoms. The fraction of sp³-hybridized carbons (Fsp3) is 0.917. The average molecular weight is 212 g/mol. The zero-order valence-electron chi connectivity index (χ0n) is 10.3. The van der Waals surface area contributed by atoms with Crippen LogP contribution < -0.4 is 5.32 Å². The molecule has 3 nitrogen and oxygen atoms in total. The molecule has 0 radical (unpaired) electrons. The summed E-state index contributed by atoms with van der Waals surface area (Å²) in [4.78, 5) is 13.1. The van der Waals surface area contributed by atoms with Crippen molar-refractivity contribution < 1.29 is 4.79 Å². The van der Waals surface area contributed by atoms with Gasteiger partial charge >= 0.3 is 0 Å². The zero-order chi connectivity index (χ0) is 11.3. The first-order chi connectivity index (χ1) is 7.13. The number of amides is 1. The summed E-state index contributed by atoms with van der Waals surface area (Å²) in [5.41, 5.74) is 0. The monoisotopic (exact) mass is 212 g/mol. The Morgan fingerprint density at radius 2 is 2.07 bits per heavy atom. The second-order valence-corrected chi connectivity index (χ2v) is 4.64.